The van der Waals surface area contributed by atoms with Gasteiger partial charge in [-0.05, 0) is 48.3 Å². The Hall–Kier alpha value is -1.39. The Balaban J connectivity index is 2.03. The zero-order valence-electron chi connectivity index (χ0n) is 20.4. The first-order valence-electron chi connectivity index (χ1n) is 13.0. The molecule has 1 N–H and O–H groups in total. The lowest BCUT2D eigenvalue weighted by molar-refractivity contribution is 0.482. The Kier molecular flexibility index (Phi) is 12.3. The molecule has 0 radical (unpaired) electrons. The second kappa shape index (κ2) is 14.7. The molecule has 0 heterocycles. The highest BCUT2D eigenvalue weighted by atomic mass is 32.2. The van der Waals surface area contributed by atoms with E-state index in [2.05, 4.69) is 19.9 Å². The van der Waals surface area contributed by atoms with Gasteiger partial charge in [0.05, 0.1) is 0 Å². The van der Waals surface area contributed by atoms with Crippen LogP contribution in [0.2, 0.25) is 0 Å². The minimum atomic E-state index is -4.27. The van der Waals surface area contributed by atoms with E-state index in [9.17, 15) is 13.0 Å². The Morgan fingerprint density at radius 2 is 1.16 bits per heavy atom. The fourth-order valence-corrected chi connectivity index (χ4v) is 5.56. The third-order valence-electron chi connectivity index (χ3n) is 6.49. The molecule has 0 aliphatic rings. The average Bonchev–Trinajstić information content (AvgIpc) is 2.76. The molecule has 4 heteroatoms. The predicted molar refractivity (Wildman–Crippen MR) is 137 cm³/mol. The lowest BCUT2D eigenvalue weighted by Gasteiger charge is -2.12. The topological polar surface area (TPSA) is 54.4 Å². The quantitative estimate of drug-likeness (QED) is 0.190. The molecule has 0 unspecified atom stereocenters. The van der Waals surface area contributed by atoms with E-state index in [0.717, 1.165) is 42.2 Å². The number of rotatable bonds is 17. The van der Waals surface area contributed by atoms with Gasteiger partial charge in [-0.3, -0.25) is 4.55 Å². The maximum Gasteiger partial charge on any atom is 0.295 e. The molecule has 0 fully saturated rings. The fraction of sp³-hybridized carbons (Fsp3) is 0.643. The molecule has 0 bridgehead atoms. The normalized spacial score (nSPS) is 12.0. The summed E-state index contributed by atoms with van der Waals surface area (Å²) in [6, 6.07) is 9.97. The van der Waals surface area contributed by atoms with Crippen LogP contribution in [-0.4, -0.2) is 13.0 Å². The summed E-state index contributed by atoms with van der Waals surface area (Å²) in [5.74, 6) is 0. The number of benzene rings is 2. The molecule has 0 saturated heterocycles. The molecule has 0 saturated carbocycles. The molecule has 0 atom stereocenters. The fourth-order valence-electron chi connectivity index (χ4n) is 4.60. The summed E-state index contributed by atoms with van der Waals surface area (Å²) in [6.45, 7) is 4.46. The largest absolute Gasteiger partial charge is 0.295 e. The number of aryl methyl sites for hydroxylation is 2. The molecule has 0 aliphatic heterocycles. The molecule has 0 aromatic heterocycles. The number of fused-ring (bicyclic) bond motifs is 1. The lowest BCUT2D eigenvalue weighted by atomic mass is 9.98. The van der Waals surface area contributed by atoms with E-state index < -0.39 is 10.1 Å². The van der Waals surface area contributed by atoms with E-state index in [0.29, 0.717) is 11.8 Å². The molecule has 32 heavy (non-hydrogen) atoms. The summed E-state index contributed by atoms with van der Waals surface area (Å²) in [5.41, 5.74) is 1.91. The van der Waals surface area contributed by atoms with Gasteiger partial charge < -0.3 is 0 Å². The third-order valence-corrected chi connectivity index (χ3v) is 7.49. The zero-order chi connectivity index (χ0) is 23.2. The number of unbranched alkanes of at least 4 members (excludes halogenated alkanes) is 12. The van der Waals surface area contributed by atoms with Crippen molar-refractivity contribution in [1.29, 1.82) is 0 Å². The van der Waals surface area contributed by atoms with Crippen LogP contribution >= 0.6 is 0 Å². The third kappa shape index (κ3) is 9.23. The van der Waals surface area contributed by atoms with Crippen LogP contribution in [-0.2, 0) is 23.0 Å². The van der Waals surface area contributed by atoms with Gasteiger partial charge in [-0.2, -0.15) is 8.42 Å². The van der Waals surface area contributed by atoms with Crippen molar-refractivity contribution < 1.29 is 13.0 Å². The highest BCUT2D eigenvalue weighted by Crippen LogP contribution is 2.30. The SMILES string of the molecule is CCCCCCCCCc1ccc2ccc(CCCCCCCCC)c(S(=O)(=O)O)c2c1. The molecule has 0 spiro atoms. The first kappa shape index (κ1) is 26.9. The average molecular weight is 461 g/mol. The van der Waals surface area contributed by atoms with Gasteiger partial charge in [-0.15, -0.1) is 0 Å². The monoisotopic (exact) mass is 460 g/mol. The molecule has 180 valence electrons. The second-order valence-corrected chi connectivity index (χ2v) is 10.7. The van der Waals surface area contributed by atoms with Gasteiger partial charge in [-0.1, -0.05) is 115 Å². The minimum absolute atomic E-state index is 0.127. The summed E-state index contributed by atoms with van der Waals surface area (Å²) < 4.78 is 34.7. The standard InChI is InChI=1S/C28H44O3S/c1-3-5-7-9-11-13-15-17-24-19-20-25-21-22-26(18-16-14-12-10-8-6-4-2)28(27(25)23-24)32(29,30)31/h19-23H,3-18H2,1-2H3,(H,29,30,31). The predicted octanol–water partition coefficient (Wildman–Crippen LogP) is 8.67. The van der Waals surface area contributed by atoms with E-state index in [1.54, 1.807) is 0 Å². The smallest absolute Gasteiger partial charge is 0.282 e. The van der Waals surface area contributed by atoms with E-state index in [1.807, 2.05) is 24.3 Å². The van der Waals surface area contributed by atoms with Gasteiger partial charge in [0.25, 0.3) is 10.1 Å². The summed E-state index contributed by atoms with van der Waals surface area (Å²) in [7, 11) is -4.27. The summed E-state index contributed by atoms with van der Waals surface area (Å²) in [6.07, 6.45) is 18.8. The molecule has 0 amide bonds. The molecular formula is C28H44O3S. The van der Waals surface area contributed by atoms with Crippen LogP contribution in [0.4, 0.5) is 0 Å². The zero-order valence-corrected chi connectivity index (χ0v) is 21.2. The van der Waals surface area contributed by atoms with Gasteiger partial charge in [0, 0.05) is 5.39 Å². The molecule has 2 aromatic rings. The van der Waals surface area contributed by atoms with E-state index >= 15 is 0 Å². The first-order valence-corrected chi connectivity index (χ1v) is 14.4. The number of hydrogen-bond donors (Lipinski definition) is 1. The van der Waals surface area contributed by atoms with Gasteiger partial charge in [0.2, 0.25) is 0 Å². The molecule has 2 rings (SSSR count). The van der Waals surface area contributed by atoms with Crippen LogP contribution in [0.15, 0.2) is 35.2 Å². The van der Waals surface area contributed by atoms with Crippen molar-refractivity contribution in [2.45, 2.75) is 121 Å². The highest BCUT2D eigenvalue weighted by Gasteiger charge is 2.19. The Morgan fingerprint density at radius 1 is 0.656 bits per heavy atom. The first-order chi connectivity index (χ1) is 15.5. The summed E-state index contributed by atoms with van der Waals surface area (Å²) in [5, 5.41) is 1.55. The van der Waals surface area contributed by atoms with Crippen LogP contribution in [0.5, 0.6) is 0 Å². The molecule has 3 nitrogen and oxygen atoms in total. The minimum Gasteiger partial charge on any atom is -0.282 e. The van der Waals surface area contributed by atoms with E-state index in [1.165, 1.54) is 70.6 Å². The van der Waals surface area contributed by atoms with Crippen LogP contribution in [0.3, 0.4) is 0 Å². The van der Waals surface area contributed by atoms with Gasteiger partial charge in [0.1, 0.15) is 4.90 Å². The Morgan fingerprint density at radius 3 is 1.72 bits per heavy atom. The van der Waals surface area contributed by atoms with E-state index in [4.69, 9.17) is 0 Å². The highest BCUT2D eigenvalue weighted by molar-refractivity contribution is 7.86. The van der Waals surface area contributed by atoms with Crippen molar-refractivity contribution in [3.63, 3.8) is 0 Å². The van der Waals surface area contributed by atoms with Crippen molar-refractivity contribution in [3.05, 3.63) is 41.5 Å². The lowest BCUT2D eigenvalue weighted by Crippen LogP contribution is -2.05. The molecule has 0 aliphatic carbocycles. The van der Waals surface area contributed by atoms with Crippen molar-refractivity contribution in [1.82, 2.24) is 0 Å². The van der Waals surface area contributed by atoms with E-state index in [-0.39, 0.29) is 4.90 Å². The Bertz CT molecular complexity index is 897. The van der Waals surface area contributed by atoms with Crippen molar-refractivity contribution in [2.24, 2.45) is 0 Å². The van der Waals surface area contributed by atoms with Crippen molar-refractivity contribution in [3.8, 4) is 0 Å². The van der Waals surface area contributed by atoms with Gasteiger partial charge in [0.15, 0.2) is 0 Å². The summed E-state index contributed by atoms with van der Waals surface area (Å²) in [4.78, 5) is 0.127. The van der Waals surface area contributed by atoms with Gasteiger partial charge >= 0.3 is 0 Å². The van der Waals surface area contributed by atoms with Crippen molar-refractivity contribution in [2.75, 3.05) is 0 Å². The summed E-state index contributed by atoms with van der Waals surface area (Å²) >= 11 is 0. The maximum atomic E-state index is 12.3. The van der Waals surface area contributed by atoms with Crippen LogP contribution in [0, 0.1) is 0 Å². The van der Waals surface area contributed by atoms with Crippen LogP contribution in [0.25, 0.3) is 10.8 Å². The maximum absolute atomic E-state index is 12.3. The van der Waals surface area contributed by atoms with Crippen molar-refractivity contribution >= 4 is 20.9 Å². The number of hydrogen-bond acceptors (Lipinski definition) is 2. The molecule has 2 aromatic carbocycles. The molecular weight excluding hydrogens is 416 g/mol. The second-order valence-electron chi connectivity index (χ2n) is 9.33. The van der Waals surface area contributed by atoms with Crippen LogP contribution < -0.4 is 0 Å². The van der Waals surface area contributed by atoms with Gasteiger partial charge in [-0.25, -0.2) is 0 Å². The Labute approximate surface area is 196 Å². The van der Waals surface area contributed by atoms with Crippen LogP contribution in [0.1, 0.15) is 115 Å².